The maximum Gasteiger partial charge on any atom is 0.241 e. The van der Waals surface area contributed by atoms with Crippen molar-refractivity contribution in [1.82, 2.24) is 19.9 Å². The molecule has 2 aliphatic heterocycles. The summed E-state index contributed by atoms with van der Waals surface area (Å²) in [5.74, 6) is 2.54. The molecule has 0 radical (unpaired) electrons. The monoisotopic (exact) mass is 416 g/mol. The van der Waals surface area contributed by atoms with Gasteiger partial charge in [-0.3, -0.25) is 9.80 Å². The Labute approximate surface area is 178 Å². The van der Waals surface area contributed by atoms with Crippen LogP contribution < -0.4 is 9.47 Å². The third kappa shape index (κ3) is 4.77. The molecule has 8 heteroatoms. The highest BCUT2D eigenvalue weighted by atomic mass is 16.5. The summed E-state index contributed by atoms with van der Waals surface area (Å²) in [5.41, 5.74) is 0.844. The number of methoxy groups -OCH3 is 2. The van der Waals surface area contributed by atoms with Crippen LogP contribution in [0.4, 0.5) is 0 Å². The molecular weight excluding hydrogens is 384 g/mol. The number of hydrogen-bond donors (Lipinski definition) is 0. The molecule has 0 N–H and O–H groups in total. The summed E-state index contributed by atoms with van der Waals surface area (Å²) in [4.78, 5) is 9.63. The Bertz CT molecular complexity index is 832. The average molecular weight is 417 g/mol. The Morgan fingerprint density at radius 1 is 1.10 bits per heavy atom. The molecule has 164 valence electrons. The number of benzene rings is 1. The van der Waals surface area contributed by atoms with Crippen molar-refractivity contribution in [1.29, 1.82) is 0 Å². The minimum absolute atomic E-state index is 0.295. The van der Waals surface area contributed by atoms with Gasteiger partial charge in [0.2, 0.25) is 11.7 Å². The molecule has 2 fully saturated rings. The van der Waals surface area contributed by atoms with E-state index in [1.54, 1.807) is 14.2 Å². The molecule has 2 aliphatic rings. The van der Waals surface area contributed by atoms with Crippen LogP contribution in [0.5, 0.6) is 11.5 Å². The van der Waals surface area contributed by atoms with Gasteiger partial charge in [0.15, 0.2) is 11.5 Å². The van der Waals surface area contributed by atoms with E-state index in [1.807, 2.05) is 18.2 Å². The van der Waals surface area contributed by atoms with E-state index in [9.17, 15) is 0 Å². The number of likely N-dealkylation sites (tertiary alicyclic amines) is 1. The van der Waals surface area contributed by atoms with Crippen LogP contribution in [0.15, 0.2) is 22.7 Å². The van der Waals surface area contributed by atoms with Gasteiger partial charge in [0.1, 0.15) is 0 Å². The van der Waals surface area contributed by atoms with Gasteiger partial charge in [0.05, 0.1) is 33.0 Å². The van der Waals surface area contributed by atoms with Gasteiger partial charge in [-0.05, 0) is 51.4 Å². The summed E-state index contributed by atoms with van der Waals surface area (Å²) in [7, 11) is 3.24. The minimum Gasteiger partial charge on any atom is -0.493 e. The first kappa shape index (κ1) is 21.1. The zero-order valence-corrected chi connectivity index (χ0v) is 18.3. The molecule has 3 unspecified atom stereocenters. The first-order chi connectivity index (χ1) is 14.6. The molecule has 4 rings (SSSR count). The number of rotatable bonds is 7. The fourth-order valence-corrected chi connectivity index (χ4v) is 4.63. The van der Waals surface area contributed by atoms with Crippen LogP contribution in [0.2, 0.25) is 0 Å². The van der Waals surface area contributed by atoms with Gasteiger partial charge in [-0.2, -0.15) is 4.98 Å². The summed E-state index contributed by atoms with van der Waals surface area (Å²) in [5, 5.41) is 4.18. The first-order valence-corrected chi connectivity index (χ1v) is 10.7. The number of ether oxygens (including phenoxy) is 3. The van der Waals surface area contributed by atoms with Crippen molar-refractivity contribution >= 4 is 0 Å². The normalized spacial score (nSPS) is 25.5. The Kier molecular flexibility index (Phi) is 6.55. The Morgan fingerprint density at radius 3 is 2.60 bits per heavy atom. The molecule has 1 aromatic carbocycles. The van der Waals surface area contributed by atoms with Crippen molar-refractivity contribution in [2.45, 2.75) is 51.5 Å². The third-order valence-electron chi connectivity index (χ3n) is 5.91. The lowest BCUT2D eigenvalue weighted by molar-refractivity contribution is -0.0726. The lowest BCUT2D eigenvalue weighted by Gasteiger charge is -2.38. The maximum atomic E-state index is 5.87. The second-order valence-electron chi connectivity index (χ2n) is 8.32. The molecule has 3 atom stereocenters. The second kappa shape index (κ2) is 9.32. The Balaban J connectivity index is 1.40. The predicted molar refractivity (Wildman–Crippen MR) is 113 cm³/mol. The molecule has 2 saturated heterocycles. The topological polar surface area (TPSA) is 73.1 Å². The molecule has 1 aromatic heterocycles. The zero-order chi connectivity index (χ0) is 21.1. The van der Waals surface area contributed by atoms with Gasteiger partial charge in [-0.1, -0.05) is 5.16 Å². The minimum atomic E-state index is 0.295. The molecule has 30 heavy (non-hydrogen) atoms. The number of morpholine rings is 1. The smallest absolute Gasteiger partial charge is 0.241 e. The largest absolute Gasteiger partial charge is 0.493 e. The van der Waals surface area contributed by atoms with Crippen molar-refractivity contribution in [3.05, 3.63) is 24.1 Å². The maximum absolute atomic E-state index is 5.87. The van der Waals surface area contributed by atoms with Crippen molar-refractivity contribution in [2.75, 3.05) is 40.4 Å². The van der Waals surface area contributed by atoms with Crippen LogP contribution in [0.3, 0.4) is 0 Å². The first-order valence-electron chi connectivity index (χ1n) is 10.7. The number of hydrogen-bond acceptors (Lipinski definition) is 8. The quantitative estimate of drug-likeness (QED) is 0.682. The molecule has 8 nitrogen and oxygen atoms in total. The van der Waals surface area contributed by atoms with Crippen molar-refractivity contribution in [3.8, 4) is 22.9 Å². The van der Waals surface area contributed by atoms with Crippen LogP contribution >= 0.6 is 0 Å². The lowest BCUT2D eigenvalue weighted by Crippen LogP contribution is -2.50. The summed E-state index contributed by atoms with van der Waals surface area (Å²) < 4.78 is 22.1. The SMILES string of the molecule is COc1ccc(-c2noc(CN3CCCC3CN3CC(C)OC(C)C3)n2)cc1OC. The fourth-order valence-electron chi connectivity index (χ4n) is 4.63. The van der Waals surface area contributed by atoms with E-state index < -0.39 is 0 Å². The molecule has 0 bridgehead atoms. The lowest BCUT2D eigenvalue weighted by atomic mass is 10.1. The van der Waals surface area contributed by atoms with E-state index in [4.69, 9.17) is 18.7 Å². The van der Waals surface area contributed by atoms with Crippen LogP contribution in [0.1, 0.15) is 32.6 Å². The summed E-state index contributed by atoms with van der Waals surface area (Å²) in [6, 6.07) is 6.15. The highest BCUT2D eigenvalue weighted by Gasteiger charge is 2.31. The average Bonchev–Trinajstić information content (AvgIpc) is 3.37. The van der Waals surface area contributed by atoms with Crippen molar-refractivity contribution < 1.29 is 18.7 Å². The molecular formula is C22H32N4O4. The van der Waals surface area contributed by atoms with Crippen LogP contribution in [-0.4, -0.2) is 78.6 Å². The summed E-state index contributed by atoms with van der Waals surface area (Å²) in [6.45, 7) is 9.12. The zero-order valence-electron chi connectivity index (χ0n) is 18.3. The van der Waals surface area contributed by atoms with Crippen molar-refractivity contribution in [2.24, 2.45) is 0 Å². The fraction of sp³-hybridized carbons (Fsp3) is 0.636. The van der Waals surface area contributed by atoms with Gasteiger partial charge in [0, 0.05) is 31.2 Å². The highest BCUT2D eigenvalue weighted by Crippen LogP contribution is 2.31. The standard InChI is InChI=1S/C22H32N4O4/c1-15-11-25(12-16(2)29-15)13-18-6-5-9-26(18)14-21-23-22(24-30-21)17-7-8-19(27-3)20(10-17)28-4/h7-8,10,15-16,18H,5-6,9,11-14H2,1-4H3. The summed E-state index contributed by atoms with van der Waals surface area (Å²) in [6.07, 6.45) is 3.00. The second-order valence-corrected chi connectivity index (χ2v) is 8.32. The van der Waals surface area contributed by atoms with Crippen LogP contribution in [0, 0.1) is 0 Å². The van der Waals surface area contributed by atoms with Gasteiger partial charge >= 0.3 is 0 Å². The number of nitrogens with zero attached hydrogens (tertiary/aromatic N) is 4. The van der Waals surface area contributed by atoms with Crippen LogP contribution in [-0.2, 0) is 11.3 Å². The predicted octanol–water partition coefficient (Wildman–Crippen LogP) is 2.83. The Morgan fingerprint density at radius 2 is 1.87 bits per heavy atom. The van der Waals surface area contributed by atoms with Gasteiger partial charge in [-0.15, -0.1) is 0 Å². The van der Waals surface area contributed by atoms with Gasteiger partial charge in [0.25, 0.3) is 0 Å². The molecule has 0 saturated carbocycles. The molecule has 0 aliphatic carbocycles. The van der Waals surface area contributed by atoms with Crippen LogP contribution in [0.25, 0.3) is 11.4 Å². The van der Waals surface area contributed by atoms with E-state index >= 15 is 0 Å². The van der Waals surface area contributed by atoms with E-state index in [0.717, 1.165) is 31.7 Å². The van der Waals surface area contributed by atoms with E-state index in [1.165, 1.54) is 12.8 Å². The van der Waals surface area contributed by atoms with E-state index in [0.29, 0.717) is 48.0 Å². The molecule has 2 aromatic rings. The van der Waals surface area contributed by atoms with E-state index in [-0.39, 0.29) is 0 Å². The van der Waals surface area contributed by atoms with Gasteiger partial charge in [-0.25, -0.2) is 0 Å². The van der Waals surface area contributed by atoms with Crippen molar-refractivity contribution in [3.63, 3.8) is 0 Å². The molecule has 0 spiro atoms. The molecule has 0 amide bonds. The summed E-state index contributed by atoms with van der Waals surface area (Å²) >= 11 is 0. The third-order valence-corrected chi connectivity index (χ3v) is 5.91. The molecule has 3 heterocycles. The number of aromatic nitrogens is 2. The van der Waals surface area contributed by atoms with E-state index in [2.05, 4.69) is 33.8 Å². The van der Waals surface area contributed by atoms with Gasteiger partial charge < -0.3 is 18.7 Å². The Hall–Kier alpha value is -2.16. The highest BCUT2D eigenvalue weighted by molar-refractivity contribution is 5.60.